The summed E-state index contributed by atoms with van der Waals surface area (Å²) in [6.45, 7) is 5.25. The first-order chi connectivity index (χ1) is 12.7. The lowest BCUT2D eigenvalue weighted by atomic mass is 9.96. The molecule has 1 aliphatic rings. The van der Waals surface area contributed by atoms with E-state index in [4.69, 9.17) is 0 Å². The Balaban J connectivity index is 1.78. The van der Waals surface area contributed by atoms with Gasteiger partial charge < -0.3 is 10.6 Å². The Morgan fingerprint density at radius 1 is 1.19 bits per heavy atom. The van der Waals surface area contributed by atoms with Gasteiger partial charge in [0.25, 0.3) is 5.91 Å². The molecule has 0 aliphatic carbocycles. The molecule has 27 heavy (non-hydrogen) atoms. The van der Waals surface area contributed by atoms with Crippen molar-refractivity contribution in [3.05, 3.63) is 59.7 Å². The molecule has 2 aromatic carbocycles. The fraction of sp³-hybridized carbons (Fsp3) is 0.300. The van der Waals surface area contributed by atoms with Crippen molar-refractivity contribution in [3.63, 3.8) is 0 Å². The molecule has 0 spiro atoms. The topological polar surface area (TPSA) is 66.0 Å². The third kappa shape index (κ3) is 3.55. The normalized spacial score (nSPS) is 16.5. The summed E-state index contributed by atoms with van der Waals surface area (Å²) in [7, 11) is 0. The Hall–Kier alpha value is -2.80. The number of rotatable bonds is 4. The SMILES string of the molecule is C[C@@H]([NH2+]CC(=O)N1c2ccccc2NC(=O)C1(C)C)c1ccc(F)c(F)c1. The summed E-state index contributed by atoms with van der Waals surface area (Å²) < 4.78 is 26.5. The summed E-state index contributed by atoms with van der Waals surface area (Å²) in [5.74, 6) is -2.32. The van der Waals surface area contributed by atoms with Crippen molar-refractivity contribution in [2.45, 2.75) is 32.4 Å². The molecule has 7 heteroatoms. The van der Waals surface area contributed by atoms with Gasteiger partial charge >= 0.3 is 0 Å². The van der Waals surface area contributed by atoms with E-state index in [0.717, 1.165) is 12.1 Å². The van der Waals surface area contributed by atoms with Crippen LogP contribution in [-0.2, 0) is 9.59 Å². The molecular formula is C20H22F2N3O2+. The number of anilines is 2. The zero-order chi connectivity index (χ0) is 19.8. The van der Waals surface area contributed by atoms with Crippen LogP contribution in [0.5, 0.6) is 0 Å². The van der Waals surface area contributed by atoms with Gasteiger partial charge in [0, 0.05) is 5.56 Å². The Kier molecular flexibility index (Phi) is 4.97. The average Bonchev–Trinajstić information content (AvgIpc) is 2.62. The van der Waals surface area contributed by atoms with Crippen LogP contribution < -0.4 is 15.5 Å². The van der Waals surface area contributed by atoms with Gasteiger partial charge in [-0.2, -0.15) is 0 Å². The van der Waals surface area contributed by atoms with Gasteiger partial charge in [0.05, 0.1) is 11.4 Å². The van der Waals surface area contributed by atoms with E-state index in [9.17, 15) is 18.4 Å². The van der Waals surface area contributed by atoms with Crippen molar-refractivity contribution in [2.75, 3.05) is 16.8 Å². The Morgan fingerprint density at radius 3 is 2.59 bits per heavy atom. The van der Waals surface area contributed by atoms with Crippen LogP contribution in [-0.4, -0.2) is 23.9 Å². The third-order valence-electron chi connectivity index (χ3n) is 4.87. The van der Waals surface area contributed by atoms with E-state index in [-0.39, 0.29) is 24.4 Å². The van der Waals surface area contributed by atoms with Crippen LogP contribution in [0.15, 0.2) is 42.5 Å². The van der Waals surface area contributed by atoms with Crippen LogP contribution in [0.4, 0.5) is 20.2 Å². The number of hydrogen-bond donors (Lipinski definition) is 2. The molecule has 3 N–H and O–H groups in total. The molecule has 0 unspecified atom stereocenters. The number of nitrogens with two attached hydrogens (primary N) is 1. The standard InChI is InChI=1S/C20H21F2N3O2/c1-12(13-8-9-14(21)15(22)10-13)23-11-18(26)25-17-7-5-4-6-16(17)24-19(27)20(25,2)3/h4-10,12,23H,11H2,1-3H3,(H,24,27)/p+1/t12-/m1/s1. The molecule has 0 radical (unpaired) electrons. The first-order valence-corrected chi connectivity index (χ1v) is 8.73. The van der Waals surface area contributed by atoms with Crippen LogP contribution >= 0.6 is 0 Å². The summed E-state index contributed by atoms with van der Waals surface area (Å²) >= 11 is 0. The average molecular weight is 374 g/mol. The molecule has 2 aromatic rings. The minimum Gasteiger partial charge on any atom is -0.332 e. The zero-order valence-electron chi connectivity index (χ0n) is 15.4. The van der Waals surface area contributed by atoms with Crippen molar-refractivity contribution < 1.29 is 23.7 Å². The van der Waals surface area contributed by atoms with Gasteiger partial charge in [-0.25, -0.2) is 8.78 Å². The minimum atomic E-state index is -1.04. The molecule has 0 fully saturated rings. The number of benzene rings is 2. The molecular weight excluding hydrogens is 352 g/mol. The molecule has 0 saturated heterocycles. The van der Waals surface area contributed by atoms with E-state index in [0.29, 0.717) is 16.9 Å². The largest absolute Gasteiger partial charge is 0.332 e. The van der Waals surface area contributed by atoms with E-state index in [1.54, 1.807) is 43.4 Å². The van der Waals surface area contributed by atoms with Crippen LogP contribution in [0.1, 0.15) is 32.4 Å². The molecule has 0 saturated carbocycles. The van der Waals surface area contributed by atoms with Crippen molar-refractivity contribution >= 4 is 23.2 Å². The fourth-order valence-electron chi connectivity index (χ4n) is 3.20. The van der Waals surface area contributed by atoms with Crippen molar-refractivity contribution in [2.24, 2.45) is 0 Å². The molecule has 0 bridgehead atoms. The minimum absolute atomic E-state index is 0.0607. The first-order valence-electron chi connectivity index (χ1n) is 8.73. The number of nitrogens with zero attached hydrogens (tertiary/aromatic N) is 1. The smallest absolute Gasteiger partial charge is 0.283 e. The number of fused-ring (bicyclic) bond motifs is 1. The number of carbonyl (C=O) groups excluding carboxylic acids is 2. The highest BCUT2D eigenvalue weighted by molar-refractivity contribution is 6.14. The first kappa shape index (κ1) is 19.0. The zero-order valence-corrected chi connectivity index (χ0v) is 15.4. The molecule has 5 nitrogen and oxygen atoms in total. The van der Waals surface area contributed by atoms with Crippen LogP contribution in [0.3, 0.4) is 0 Å². The molecule has 1 aliphatic heterocycles. The van der Waals surface area contributed by atoms with Gasteiger partial charge in [0.2, 0.25) is 5.91 Å². The van der Waals surface area contributed by atoms with Gasteiger partial charge in [0.15, 0.2) is 18.2 Å². The van der Waals surface area contributed by atoms with Gasteiger partial charge in [-0.05, 0) is 51.1 Å². The lowest BCUT2D eigenvalue weighted by Crippen LogP contribution is -2.87. The lowest BCUT2D eigenvalue weighted by molar-refractivity contribution is -0.682. The molecule has 1 heterocycles. The number of quaternary nitrogens is 1. The Bertz CT molecular complexity index is 899. The van der Waals surface area contributed by atoms with Gasteiger partial charge in [-0.3, -0.25) is 14.5 Å². The molecule has 0 aromatic heterocycles. The maximum Gasteiger partial charge on any atom is 0.283 e. The Labute approximate surface area is 156 Å². The number of nitrogens with one attached hydrogen (secondary N) is 1. The number of para-hydroxylation sites is 2. The molecule has 2 amide bonds. The summed E-state index contributed by atoms with van der Waals surface area (Å²) in [5.41, 5.74) is 0.771. The van der Waals surface area contributed by atoms with E-state index < -0.39 is 17.2 Å². The van der Waals surface area contributed by atoms with Gasteiger partial charge in [-0.1, -0.05) is 12.1 Å². The monoisotopic (exact) mass is 374 g/mol. The second-order valence-electron chi connectivity index (χ2n) is 7.16. The summed E-state index contributed by atoms with van der Waals surface area (Å²) in [4.78, 5) is 26.9. The summed E-state index contributed by atoms with van der Waals surface area (Å²) in [6, 6.07) is 10.6. The lowest BCUT2D eigenvalue weighted by Gasteiger charge is -2.41. The second kappa shape index (κ2) is 7.08. The molecule has 142 valence electrons. The second-order valence-corrected chi connectivity index (χ2v) is 7.16. The maximum absolute atomic E-state index is 13.4. The van der Waals surface area contributed by atoms with E-state index >= 15 is 0 Å². The predicted octanol–water partition coefficient (Wildman–Crippen LogP) is 2.35. The predicted molar refractivity (Wildman–Crippen MR) is 98.2 cm³/mol. The molecule has 1 atom stereocenters. The summed E-state index contributed by atoms with van der Waals surface area (Å²) in [6.07, 6.45) is 0. The van der Waals surface area contributed by atoms with Crippen LogP contribution in [0.2, 0.25) is 0 Å². The highest BCUT2D eigenvalue weighted by Gasteiger charge is 2.43. The van der Waals surface area contributed by atoms with Gasteiger partial charge in [-0.15, -0.1) is 0 Å². The van der Waals surface area contributed by atoms with E-state index in [2.05, 4.69) is 5.32 Å². The fourth-order valence-corrected chi connectivity index (χ4v) is 3.20. The number of halogens is 2. The maximum atomic E-state index is 13.4. The highest BCUT2D eigenvalue weighted by atomic mass is 19.2. The number of carbonyl (C=O) groups is 2. The number of amides is 2. The highest BCUT2D eigenvalue weighted by Crippen LogP contribution is 2.36. The Morgan fingerprint density at radius 2 is 1.89 bits per heavy atom. The van der Waals surface area contributed by atoms with E-state index in [1.165, 1.54) is 11.0 Å². The number of hydrogen-bond acceptors (Lipinski definition) is 2. The third-order valence-corrected chi connectivity index (χ3v) is 4.87. The van der Waals surface area contributed by atoms with Gasteiger partial charge in [0.1, 0.15) is 11.6 Å². The summed E-state index contributed by atoms with van der Waals surface area (Å²) in [5, 5.41) is 4.55. The van der Waals surface area contributed by atoms with E-state index in [1.807, 2.05) is 6.92 Å². The van der Waals surface area contributed by atoms with Crippen LogP contribution in [0.25, 0.3) is 0 Å². The van der Waals surface area contributed by atoms with Crippen molar-refractivity contribution in [1.29, 1.82) is 0 Å². The van der Waals surface area contributed by atoms with Crippen molar-refractivity contribution in [3.8, 4) is 0 Å². The molecule has 3 rings (SSSR count). The van der Waals surface area contributed by atoms with Crippen molar-refractivity contribution in [1.82, 2.24) is 0 Å². The quantitative estimate of drug-likeness (QED) is 0.863. The van der Waals surface area contributed by atoms with Crippen LogP contribution in [0, 0.1) is 11.6 Å².